The summed E-state index contributed by atoms with van der Waals surface area (Å²) in [6.07, 6.45) is 5.75. The van der Waals surface area contributed by atoms with Crippen molar-refractivity contribution in [3.63, 3.8) is 0 Å². The molecule has 3 heteroatoms. The standard InChI is InChI=1S/C12H23N3/c1-3-14-12(13-2)15-8-10-6-4-5-7-11(10)9-15/h10-11H,3-9H2,1-2H3,(H,13,14). The average molecular weight is 209 g/mol. The Morgan fingerprint density at radius 1 is 1.27 bits per heavy atom. The van der Waals surface area contributed by atoms with Gasteiger partial charge in [0.25, 0.3) is 0 Å². The highest BCUT2D eigenvalue weighted by molar-refractivity contribution is 5.80. The van der Waals surface area contributed by atoms with Gasteiger partial charge in [-0.15, -0.1) is 0 Å². The molecule has 1 saturated carbocycles. The summed E-state index contributed by atoms with van der Waals surface area (Å²) < 4.78 is 0. The second kappa shape index (κ2) is 4.86. The fourth-order valence-electron chi connectivity index (χ4n) is 3.07. The van der Waals surface area contributed by atoms with E-state index in [4.69, 9.17) is 0 Å². The van der Waals surface area contributed by atoms with Crippen molar-refractivity contribution >= 4 is 5.96 Å². The molecular weight excluding hydrogens is 186 g/mol. The van der Waals surface area contributed by atoms with Crippen LogP contribution in [-0.2, 0) is 0 Å². The molecule has 2 fully saturated rings. The summed E-state index contributed by atoms with van der Waals surface area (Å²) in [6.45, 7) is 5.56. The zero-order chi connectivity index (χ0) is 10.7. The Kier molecular flexibility index (Phi) is 3.49. The van der Waals surface area contributed by atoms with Crippen LogP contribution in [0.15, 0.2) is 4.99 Å². The van der Waals surface area contributed by atoms with E-state index in [2.05, 4.69) is 22.1 Å². The fourth-order valence-corrected chi connectivity index (χ4v) is 3.07. The number of hydrogen-bond donors (Lipinski definition) is 1. The number of hydrogen-bond acceptors (Lipinski definition) is 1. The summed E-state index contributed by atoms with van der Waals surface area (Å²) in [5.41, 5.74) is 0. The first-order chi connectivity index (χ1) is 7.35. The number of guanidine groups is 1. The van der Waals surface area contributed by atoms with Crippen LogP contribution in [-0.4, -0.2) is 37.5 Å². The summed E-state index contributed by atoms with van der Waals surface area (Å²) >= 11 is 0. The number of aliphatic imine (C=N–C) groups is 1. The lowest BCUT2D eigenvalue weighted by Gasteiger charge is -2.22. The van der Waals surface area contributed by atoms with E-state index < -0.39 is 0 Å². The van der Waals surface area contributed by atoms with Gasteiger partial charge < -0.3 is 10.2 Å². The number of fused-ring (bicyclic) bond motifs is 1. The lowest BCUT2D eigenvalue weighted by atomic mass is 9.82. The Morgan fingerprint density at radius 2 is 1.87 bits per heavy atom. The van der Waals surface area contributed by atoms with Crippen LogP contribution in [0.5, 0.6) is 0 Å². The fraction of sp³-hybridized carbons (Fsp3) is 0.917. The largest absolute Gasteiger partial charge is 0.357 e. The second-order valence-corrected chi connectivity index (χ2v) is 4.79. The zero-order valence-corrected chi connectivity index (χ0v) is 10.00. The number of rotatable bonds is 1. The Hall–Kier alpha value is -0.730. The first kappa shape index (κ1) is 10.8. The van der Waals surface area contributed by atoms with E-state index in [0.717, 1.165) is 24.3 Å². The molecule has 0 amide bonds. The summed E-state index contributed by atoms with van der Waals surface area (Å²) in [7, 11) is 1.89. The molecule has 1 N–H and O–H groups in total. The van der Waals surface area contributed by atoms with Crippen molar-refractivity contribution in [2.24, 2.45) is 16.8 Å². The van der Waals surface area contributed by atoms with E-state index in [1.807, 2.05) is 7.05 Å². The van der Waals surface area contributed by atoms with E-state index in [1.54, 1.807) is 0 Å². The molecular formula is C12H23N3. The van der Waals surface area contributed by atoms with E-state index in [1.165, 1.54) is 38.8 Å². The first-order valence-electron chi connectivity index (χ1n) is 6.30. The van der Waals surface area contributed by atoms with Gasteiger partial charge in [0.1, 0.15) is 0 Å². The number of nitrogens with zero attached hydrogens (tertiary/aromatic N) is 2. The topological polar surface area (TPSA) is 27.6 Å². The minimum atomic E-state index is 0.939. The van der Waals surface area contributed by atoms with Crippen molar-refractivity contribution in [2.45, 2.75) is 32.6 Å². The van der Waals surface area contributed by atoms with E-state index in [9.17, 15) is 0 Å². The van der Waals surface area contributed by atoms with E-state index in [-0.39, 0.29) is 0 Å². The van der Waals surface area contributed by atoms with Crippen LogP contribution < -0.4 is 5.32 Å². The van der Waals surface area contributed by atoms with Crippen LogP contribution in [0, 0.1) is 11.8 Å². The lowest BCUT2D eigenvalue weighted by molar-refractivity contribution is 0.299. The van der Waals surface area contributed by atoms with Crippen molar-refractivity contribution in [1.29, 1.82) is 0 Å². The maximum atomic E-state index is 4.35. The van der Waals surface area contributed by atoms with Gasteiger partial charge in [-0.3, -0.25) is 4.99 Å². The Balaban J connectivity index is 1.95. The summed E-state index contributed by atoms with van der Waals surface area (Å²) in [6, 6.07) is 0. The van der Waals surface area contributed by atoms with Gasteiger partial charge in [-0.1, -0.05) is 12.8 Å². The van der Waals surface area contributed by atoms with Crippen LogP contribution in [0.4, 0.5) is 0 Å². The van der Waals surface area contributed by atoms with Gasteiger partial charge in [-0.05, 0) is 31.6 Å². The molecule has 15 heavy (non-hydrogen) atoms. The first-order valence-corrected chi connectivity index (χ1v) is 6.30. The van der Waals surface area contributed by atoms with Crippen molar-refractivity contribution in [2.75, 3.05) is 26.7 Å². The lowest BCUT2D eigenvalue weighted by Crippen LogP contribution is -2.40. The molecule has 0 spiro atoms. The van der Waals surface area contributed by atoms with Crippen LogP contribution in [0.1, 0.15) is 32.6 Å². The third-order valence-corrected chi connectivity index (χ3v) is 3.82. The summed E-state index contributed by atoms with van der Waals surface area (Å²) in [5.74, 6) is 2.98. The van der Waals surface area contributed by atoms with Gasteiger partial charge in [0.2, 0.25) is 0 Å². The molecule has 0 aromatic heterocycles. The highest BCUT2D eigenvalue weighted by atomic mass is 15.3. The highest BCUT2D eigenvalue weighted by Gasteiger charge is 2.35. The Labute approximate surface area is 92.9 Å². The Morgan fingerprint density at radius 3 is 2.33 bits per heavy atom. The quantitative estimate of drug-likeness (QED) is 0.526. The van der Waals surface area contributed by atoms with Gasteiger partial charge >= 0.3 is 0 Å². The minimum absolute atomic E-state index is 0.939. The van der Waals surface area contributed by atoms with Crippen molar-refractivity contribution in [1.82, 2.24) is 10.2 Å². The molecule has 2 aliphatic rings. The molecule has 0 radical (unpaired) electrons. The molecule has 3 nitrogen and oxygen atoms in total. The van der Waals surface area contributed by atoms with Gasteiger partial charge in [0.15, 0.2) is 5.96 Å². The molecule has 1 aliphatic carbocycles. The number of likely N-dealkylation sites (tertiary alicyclic amines) is 1. The maximum Gasteiger partial charge on any atom is 0.193 e. The molecule has 0 aromatic carbocycles. The van der Waals surface area contributed by atoms with Crippen LogP contribution in [0.2, 0.25) is 0 Å². The molecule has 1 aliphatic heterocycles. The average Bonchev–Trinajstić information content (AvgIpc) is 2.69. The predicted octanol–water partition coefficient (Wildman–Crippen LogP) is 1.70. The van der Waals surface area contributed by atoms with Crippen LogP contribution in [0.3, 0.4) is 0 Å². The molecule has 0 aromatic rings. The minimum Gasteiger partial charge on any atom is -0.357 e. The zero-order valence-electron chi connectivity index (χ0n) is 10.00. The molecule has 1 heterocycles. The highest BCUT2D eigenvalue weighted by Crippen LogP contribution is 2.35. The van der Waals surface area contributed by atoms with Gasteiger partial charge in [-0.2, -0.15) is 0 Å². The molecule has 86 valence electrons. The van der Waals surface area contributed by atoms with Crippen molar-refractivity contribution in [3.8, 4) is 0 Å². The third kappa shape index (κ3) is 2.27. The normalized spacial score (nSPS) is 31.6. The van der Waals surface area contributed by atoms with Gasteiger partial charge in [-0.25, -0.2) is 0 Å². The Bertz CT molecular complexity index is 223. The SMILES string of the molecule is CCNC(=NC)N1CC2CCCCC2C1. The molecule has 2 rings (SSSR count). The van der Waals surface area contributed by atoms with Crippen LogP contribution in [0.25, 0.3) is 0 Å². The third-order valence-electron chi connectivity index (χ3n) is 3.82. The maximum absolute atomic E-state index is 4.35. The summed E-state index contributed by atoms with van der Waals surface area (Å²) in [4.78, 5) is 6.80. The van der Waals surface area contributed by atoms with Gasteiger partial charge in [0, 0.05) is 26.7 Å². The van der Waals surface area contributed by atoms with E-state index in [0.29, 0.717) is 0 Å². The molecule has 0 bridgehead atoms. The van der Waals surface area contributed by atoms with Crippen molar-refractivity contribution < 1.29 is 0 Å². The second-order valence-electron chi connectivity index (χ2n) is 4.79. The van der Waals surface area contributed by atoms with Crippen LogP contribution >= 0.6 is 0 Å². The summed E-state index contributed by atoms with van der Waals surface area (Å²) in [5, 5.41) is 3.36. The molecule has 2 unspecified atom stereocenters. The van der Waals surface area contributed by atoms with Gasteiger partial charge in [0.05, 0.1) is 0 Å². The molecule has 2 atom stereocenters. The monoisotopic (exact) mass is 209 g/mol. The van der Waals surface area contributed by atoms with E-state index >= 15 is 0 Å². The smallest absolute Gasteiger partial charge is 0.193 e. The predicted molar refractivity (Wildman–Crippen MR) is 64.1 cm³/mol. The van der Waals surface area contributed by atoms with Crippen molar-refractivity contribution in [3.05, 3.63) is 0 Å². The molecule has 1 saturated heterocycles. The number of nitrogens with one attached hydrogen (secondary N) is 1.